The molecule has 40 heavy (non-hydrogen) atoms. The second-order valence-corrected chi connectivity index (χ2v) is 12.4. The van der Waals surface area contributed by atoms with Crippen molar-refractivity contribution in [2.75, 3.05) is 22.9 Å². The smallest absolute Gasteiger partial charge is 0.174 e. The van der Waals surface area contributed by atoms with E-state index >= 15 is 0 Å². The molecule has 8 heteroatoms. The van der Waals surface area contributed by atoms with E-state index in [0.717, 1.165) is 57.8 Å². The Bertz CT molecular complexity index is 1530. The molecular formula is C32H32Cl2N4OS. The standard InChI is InChI=1S/C32H32Cl2N4OS/c1-19-14-20(2)18-37(17-19)27-10-9-23(16-25(27)34)38-31(30(36-32(38)40)26-6-4-5-13-35-26)29-12-11-28(39-29)22-8-7-21(3)24(33)15-22/h4-13,15-16,19-20,30-31H,14,17-18H2,1-3H3,(H,36,40)/t19-,20+,30-,31+/m1/s1. The van der Waals surface area contributed by atoms with Gasteiger partial charge in [0.1, 0.15) is 17.6 Å². The first-order valence-corrected chi connectivity index (χ1v) is 14.9. The van der Waals surface area contributed by atoms with Gasteiger partial charge in [0.2, 0.25) is 0 Å². The van der Waals surface area contributed by atoms with E-state index in [0.29, 0.717) is 22.0 Å². The van der Waals surface area contributed by atoms with Crippen molar-refractivity contribution in [2.45, 2.75) is 39.3 Å². The van der Waals surface area contributed by atoms with Gasteiger partial charge in [0.15, 0.2) is 5.11 Å². The van der Waals surface area contributed by atoms with Crippen LogP contribution in [-0.4, -0.2) is 23.2 Å². The Morgan fingerprint density at radius 2 is 1.75 bits per heavy atom. The van der Waals surface area contributed by atoms with Crippen molar-refractivity contribution >= 4 is 51.9 Å². The molecule has 2 aromatic carbocycles. The van der Waals surface area contributed by atoms with E-state index < -0.39 is 0 Å². The van der Waals surface area contributed by atoms with Gasteiger partial charge in [-0.05, 0) is 91.5 Å². The first-order chi connectivity index (χ1) is 19.3. The van der Waals surface area contributed by atoms with E-state index in [9.17, 15) is 0 Å². The lowest BCUT2D eigenvalue weighted by atomic mass is 9.91. The summed E-state index contributed by atoms with van der Waals surface area (Å²) >= 11 is 19.3. The van der Waals surface area contributed by atoms with Gasteiger partial charge in [0, 0.05) is 35.6 Å². The van der Waals surface area contributed by atoms with E-state index in [2.05, 4.69) is 46.1 Å². The van der Waals surface area contributed by atoms with Gasteiger partial charge in [0.25, 0.3) is 0 Å². The largest absolute Gasteiger partial charge is 0.459 e. The first-order valence-electron chi connectivity index (χ1n) is 13.7. The van der Waals surface area contributed by atoms with Gasteiger partial charge >= 0.3 is 0 Å². The molecule has 206 valence electrons. The maximum Gasteiger partial charge on any atom is 0.174 e. The molecule has 4 atom stereocenters. The lowest BCUT2D eigenvalue weighted by Crippen LogP contribution is -2.38. The van der Waals surface area contributed by atoms with Crippen LogP contribution < -0.4 is 15.1 Å². The second-order valence-electron chi connectivity index (χ2n) is 11.1. The number of halogens is 2. The van der Waals surface area contributed by atoms with Gasteiger partial charge in [0.05, 0.1) is 22.4 Å². The summed E-state index contributed by atoms with van der Waals surface area (Å²) in [7, 11) is 0. The molecule has 0 spiro atoms. The molecule has 0 amide bonds. The van der Waals surface area contributed by atoms with Crippen molar-refractivity contribution in [3.8, 4) is 11.3 Å². The monoisotopic (exact) mass is 590 g/mol. The highest BCUT2D eigenvalue weighted by atomic mass is 35.5. The summed E-state index contributed by atoms with van der Waals surface area (Å²) in [6.07, 6.45) is 3.05. The van der Waals surface area contributed by atoms with Crippen molar-refractivity contribution in [1.29, 1.82) is 0 Å². The minimum Gasteiger partial charge on any atom is -0.459 e. The van der Waals surface area contributed by atoms with E-state index in [4.69, 9.17) is 39.8 Å². The molecule has 4 aromatic rings. The highest BCUT2D eigenvalue weighted by Gasteiger charge is 2.43. The summed E-state index contributed by atoms with van der Waals surface area (Å²) in [5.74, 6) is 2.79. The molecule has 1 N–H and O–H groups in total. The summed E-state index contributed by atoms with van der Waals surface area (Å²) in [6.45, 7) is 8.63. The van der Waals surface area contributed by atoms with Crippen LogP contribution in [0.5, 0.6) is 0 Å². The molecule has 2 fully saturated rings. The number of hydrogen-bond acceptors (Lipinski definition) is 4. The van der Waals surface area contributed by atoms with Crippen LogP contribution in [0.4, 0.5) is 11.4 Å². The number of furan rings is 1. The first kappa shape index (κ1) is 27.1. The van der Waals surface area contributed by atoms with Gasteiger partial charge in [-0.3, -0.25) is 4.98 Å². The van der Waals surface area contributed by atoms with Crippen LogP contribution in [0.2, 0.25) is 10.0 Å². The number of benzene rings is 2. The molecule has 2 aromatic heterocycles. The molecule has 0 radical (unpaired) electrons. The molecule has 0 aliphatic carbocycles. The molecule has 0 unspecified atom stereocenters. The van der Waals surface area contributed by atoms with Crippen molar-refractivity contribution in [3.63, 3.8) is 0 Å². The molecule has 6 rings (SSSR count). The Balaban J connectivity index is 1.38. The summed E-state index contributed by atoms with van der Waals surface area (Å²) in [5.41, 5.74) is 4.81. The normalized spacial score (nSPS) is 23.0. The quantitative estimate of drug-likeness (QED) is 0.235. The summed E-state index contributed by atoms with van der Waals surface area (Å²) < 4.78 is 6.50. The van der Waals surface area contributed by atoms with Crippen LogP contribution in [-0.2, 0) is 0 Å². The van der Waals surface area contributed by atoms with Crippen molar-refractivity contribution in [3.05, 3.63) is 100.0 Å². The molecular weight excluding hydrogens is 559 g/mol. The van der Waals surface area contributed by atoms with Gasteiger partial charge < -0.3 is 19.5 Å². The van der Waals surface area contributed by atoms with Gasteiger partial charge in [-0.2, -0.15) is 0 Å². The summed E-state index contributed by atoms with van der Waals surface area (Å²) in [4.78, 5) is 9.15. The third-order valence-electron chi connectivity index (χ3n) is 7.89. The van der Waals surface area contributed by atoms with Crippen LogP contribution in [0, 0.1) is 18.8 Å². The van der Waals surface area contributed by atoms with Crippen molar-refractivity contribution in [1.82, 2.24) is 10.3 Å². The SMILES string of the molecule is Cc1ccc(-c2ccc([C@H]3[C@@H](c4ccccn4)NC(=S)N3c3ccc(N4C[C@H](C)C[C@H](C)C4)c(Cl)c3)o2)cc1Cl. The Labute approximate surface area is 251 Å². The topological polar surface area (TPSA) is 44.5 Å². The molecule has 4 heterocycles. The number of aryl methyl sites for hydroxylation is 1. The number of thiocarbonyl (C=S) groups is 1. The predicted molar refractivity (Wildman–Crippen MR) is 168 cm³/mol. The average Bonchev–Trinajstić information content (AvgIpc) is 3.55. The molecule has 0 bridgehead atoms. The summed E-state index contributed by atoms with van der Waals surface area (Å²) in [6, 6.07) is 21.6. The minimum atomic E-state index is -0.269. The van der Waals surface area contributed by atoms with Crippen LogP contribution in [0.15, 0.2) is 77.3 Å². The van der Waals surface area contributed by atoms with Crippen LogP contribution in [0.1, 0.15) is 49.4 Å². The lowest BCUT2D eigenvalue weighted by Gasteiger charge is -2.37. The summed E-state index contributed by atoms with van der Waals surface area (Å²) in [5, 5.41) is 5.53. The van der Waals surface area contributed by atoms with Crippen LogP contribution in [0.25, 0.3) is 11.3 Å². The van der Waals surface area contributed by atoms with Gasteiger partial charge in [-0.1, -0.05) is 55.2 Å². The maximum atomic E-state index is 6.96. The number of piperidine rings is 1. The predicted octanol–water partition coefficient (Wildman–Crippen LogP) is 8.62. The van der Waals surface area contributed by atoms with Gasteiger partial charge in [-0.25, -0.2) is 0 Å². The van der Waals surface area contributed by atoms with Crippen LogP contribution in [0.3, 0.4) is 0 Å². The third-order valence-corrected chi connectivity index (χ3v) is 8.92. The Kier molecular flexibility index (Phi) is 7.51. The number of rotatable bonds is 5. The van der Waals surface area contributed by atoms with E-state index in [1.54, 1.807) is 6.20 Å². The molecule has 2 aliphatic heterocycles. The fourth-order valence-electron chi connectivity index (χ4n) is 6.10. The fourth-order valence-corrected chi connectivity index (χ4v) is 6.92. The van der Waals surface area contributed by atoms with Crippen molar-refractivity contribution < 1.29 is 4.42 Å². The number of nitrogens with one attached hydrogen (secondary N) is 1. The van der Waals surface area contributed by atoms with E-state index in [-0.39, 0.29) is 12.1 Å². The maximum absolute atomic E-state index is 6.96. The zero-order chi connectivity index (χ0) is 28.0. The van der Waals surface area contributed by atoms with Crippen LogP contribution >= 0.6 is 35.4 Å². The van der Waals surface area contributed by atoms with E-state index in [1.807, 2.05) is 61.5 Å². The number of pyridine rings is 1. The fraction of sp³-hybridized carbons (Fsp3) is 0.312. The Morgan fingerprint density at radius 3 is 2.45 bits per heavy atom. The molecule has 5 nitrogen and oxygen atoms in total. The average molecular weight is 592 g/mol. The number of nitrogens with zero attached hydrogens (tertiary/aromatic N) is 3. The van der Waals surface area contributed by atoms with Gasteiger partial charge in [-0.15, -0.1) is 0 Å². The number of anilines is 2. The minimum absolute atomic E-state index is 0.212. The molecule has 0 saturated carbocycles. The highest BCUT2D eigenvalue weighted by Crippen LogP contribution is 2.44. The van der Waals surface area contributed by atoms with Crippen molar-refractivity contribution in [2.24, 2.45) is 11.8 Å². The number of aromatic nitrogens is 1. The third kappa shape index (κ3) is 5.20. The second kappa shape index (κ2) is 11.1. The Morgan fingerprint density at radius 1 is 0.950 bits per heavy atom. The highest BCUT2D eigenvalue weighted by molar-refractivity contribution is 7.80. The molecule has 2 aliphatic rings. The number of hydrogen-bond donors (Lipinski definition) is 1. The zero-order valence-corrected chi connectivity index (χ0v) is 25.1. The molecule has 2 saturated heterocycles. The zero-order valence-electron chi connectivity index (χ0n) is 22.8. The van der Waals surface area contributed by atoms with E-state index in [1.165, 1.54) is 6.42 Å². The Hall–Kier alpha value is -3.06. The lowest BCUT2D eigenvalue weighted by molar-refractivity contribution is 0.357.